The minimum atomic E-state index is -3.43. The number of rotatable bonds is 8. The van der Waals surface area contributed by atoms with Gasteiger partial charge in [-0.3, -0.25) is 0 Å². The van der Waals surface area contributed by atoms with E-state index in [0.717, 1.165) is 32.0 Å². The van der Waals surface area contributed by atoms with Crippen LogP contribution in [0.2, 0.25) is 0 Å². The van der Waals surface area contributed by atoms with Crippen molar-refractivity contribution in [3.63, 3.8) is 0 Å². The van der Waals surface area contributed by atoms with Gasteiger partial charge in [0.05, 0.1) is 11.5 Å². The lowest BCUT2D eigenvalue weighted by Crippen LogP contribution is -2.36. The molecule has 6 heteroatoms. The number of piperidine rings is 1. The van der Waals surface area contributed by atoms with E-state index in [0.29, 0.717) is 18.9 Å². The lowest BCUT2D eigenvalue weighted by molar-refractivity contribution is 0.182. The quantitative estimate of drug-likeness (QED) is 0.739. The number of sulfonamides is 1. The van der Waals surface area contributed by atoms with Crippen LogP contribution in [0.1, 0.15) is 33.1 Å². The first-order valence-electron chi connectivity index (χ1n) is 8.46. The van der Waals surface area contributed by atoms with Crippen LogP contribution in [-0.4, -0.2) is 46.1 Å². The minimum Gasteiger partial charge on any atom is -0.494 e. The highest BCUT2D eigenvalue weighted by Gasteiger charge is 2.17. The van der Waals surface area contributed by atoms with Crippen LogP contribution in [0.5, 0.6) is 5.75 Å². The van der Waals surface area contributed by atoms with E-state index < -0.39 is 10.0 Å². The summed E-state index contributed by atoms with van der Waals surface area (Å²) in [6.45, 7) is 8.44. The Morgan fingerprint density at radius 2 is 2.04 bits per heavy atom. The standard InChI is InChI=1S/C17H28N2O3S/c1-3-22-16-7-9-17(10-8-16)23(20,21)18-11-5-13-19-12-4-6-15(2)14-19/h7-10,15,18H,3-6,11-14H2,1-2H3/t15-/m1/s1. The Morgan fingerprint density at radius 1 is 1.30 bits per heavy atom. The number of benzene rings is 1. The Balaban J connectivity index is 1.77. The molecule has 0 radical (unpaired) electrons. The minimum absolute atomic E-state index is 0.285. The third-order valence-corrected chi connectivity index (χ3v) is 5.61. The second-order valence-corrected chi connectivity index (χ2v) is 7.97. The predicted octanol–water partition coefficient (Wildman–Crippen LogP) is 2.49. The molecule has 0 unspecified atom stereocenters. The van der Waals surface area contributed by atoms with Crippen molar-refractivity contribution >= 4 is 10.0 Å². The molecule has 2 rings (SSSR count). The molecule has 0 amide bonds. The maximum absolute atomic E-state index is 12.2. The van der Waals surface area contributed by atoms with E-state index >= 15 is 0 Å². The zero-order valence-electron chi connectivity index (χ0n) is 14.1. The summed E-state index contributed by atoms with van der Waals surface area (Å²) < 4.78 is 32.5. The van der Waals surface area contributed by atoms with Gasteiger partial charge in [0, 0.05) is 13.1 Å². The maximum Gasteiger partial charge on any atom is 0.240 e. The van der Waals surface area contributed by atoms with Gasteiger partial charge in [-0.25, -0.2) is 13.1 Å². The molecule has 5 nitrogen and oxygen atoms in total. The van der Waals surface area contributed by atoms with E-state index in [-0.39, 0.29) is 4.90 Å². The molecule has 0 aromatic heterocycles. The van der Waals surface area contributed by atoms with Crippen molar-refractivity contribution in [1.82, 2.24) is 9.62 Å². The SMILES string of the molecule is CCOc1ccc(S(=O)(=O)NCCCN2CCC[C@@H](C)C2)cc1. The van der Waals surface area contributed by atoms with Gasteiger partial charge in [-0.1, -0.05) is 6.92 Å². The van der Waals surface area contributed by atoms with Gasteiger partial charge in [-0.2, -0.15) is 0 Å². The van der Waals surface area contributed by atoms with Gasteiger partial charge in [0.15, 0.2) is 0 Å². The summed E-state index contributed by atoms with van der Waals surface area (Å²) >= 11 is 0. The van der Waals surface area contributed by atoms with Crippen LogP contribution in [0.4, 0.5) is 0 Å². The highest BCUT2D eigenvalue weighted by Crippen LogP contribution is 2.17. The van der Waals surface area contributed by atoms with Gasteiger partial charge in [-0.15, -0.1) is 0 Å². The van der Waals surface area contributed by atoms with E-state index in [1.54, 1.807) is 24.3 Å². The molecule has 1 aliphatic heterocycles. The zero-order chi connectivity index (χ0) is 16.7. The molecule has 0 bridgehead atoms. The van der Waals surface area contributed by atoms with Crippen LogP contribution in [0.25, 0.3) is 0 Å². The molecule has 1 atom stereocenters. The second kappa shape index (κ2) is 8.66. The fraction of sp³-hybridized carbons (Fsp3) is 0.647. The number of hydrogen-bond donors (Lipinski definition) is 1. The normalized spacial score (nSPS) is 19.7. The van der Waals surface area contributed by atoms with Gasteiger partial charge in [0.25, 0.3) is 0 Å². The number of ether oxygens (including phenoxy) is 1. The number of nitrogens with zero attached hydrogens (tertiary/aromatic N) is 1. The molecule has 0 spiro atoms. The molecule has 0 aliphatic carbocycles. The van der Waals surface area contributed by atoms with Crippen LogP contribution in [0, 0.1) is 5.92 Å². The third kappa shape index (κ3) is 5.79. The van der Waals surface area contributed by atoms with E-state index in [4.69, 9.17) is 4.74 Å². The highest BCUT2D eigenvalue weighted by molar-refractivity contribution is 7.89. The molecular weight excluding hydrogens is 312 g/mol. The molecule has 1 heterocycles. The molecule has 1 saturated heterocycles. The van der Waals surface area contributed by atoms with Crippen LogP contribution in [0.15, 0.2) is 29.2 Å². The Kier molecular flexibility index (Phi) is 6.87. The van der Waals surface area contributed by atoms with Crippen molar-refractivity contribution in [2.75, 3.05) is 32.8 Å². The highest BCUT2D eigenvalue weighted by atomic mass is 32.2. The molecule has 1 aliphatic rings. The predicted molar refractivity (Wildman–Crippen MR) is 92.3 cm³/mol. The number of nitrogens with one attached hydrogen (secondary N) is 1. The van der Waals surface area contributed by atoms with Crippen LogP contribution in [-0.2, 0) is 10.0 Å². The topological polar surface area (TPSA) is 58.6 Å². The van der Waals surface area contributed by atoms with Crippen LogP contribution >= 0.6 is 0 Å². The lowest BCUT2D eigenvalue weighted by atomic mass is 10.0. The average molecular weight is 340 g/mol. The van der Waals surface area contributed by atoms with E-state index in [1.165, 1.54) is 12.8 Å². The fourth-order valence-electron chi connectivity index (χ4n) is 2.96. The molecule has 130 valence electrons. The van der Waals surface area contributed by atoms with Gasteiger partial charge in [-0.05, 0) is 69.5 Å². The molecule has 1 aromatic rings. The second-order valence-electron chi connectivity index (χ2n) is 6.20. The van der Waals surface area contributed by atoms with Gasteiger partial charge < -0.3 is 9.64 Å². The van der Waals surface area contributed by atoms with Gasteiger partial charge in [0.2, 0.25) is 10.0 Å². The van der Waals surface area contributed by atoms with Crippen molar-refractivity contribution in [2.45, 2.75) is 38.0 Å². The Labute approximate surface area is 140 Å². The first-order chi connectivity index (χ1) is 11.0. The molecule has 1 aromatic carbocycles. The molecule has 23 heavy (non-hydrogen) atoms. The van der Waals surface area contributed by atoms with Crippen molar-refractivity contribution < 1.29 is 13.2 Å². The van der Waals surface area contributed by atoms with Crippen LogP contribution < -0.4 is 9.46 Å². The van der Waals surface area contributed by atoms with Crippen molar-refractivity contribution in [3.8, 4) is 5.75 Å². The van der Waals surface area contributed by atoms with Crippen molar-refractivity contribution in [2.24, 2.45) is 5.92 Å². The monoisotopic (exact) mass is 340 g/mol. The number of likely N-dealkylation sites (tertiary alicyclic amines) is 1. The Bertz CT molecular complexity index is 572. The molecule has 0 saturated carbocycles. The Morgan fingerprint density at radius 3 is 2.70 bits per heavy atom. The van der Waals surface area contributed by atoms with E-state index in [9.17, 15) is 8.42 Å². The summed E-state index contributed by atoms with van der Waals surface area (Å²) in [4.78, 5) is 2.71. The Hall–Kier alpha value is -1.11. The molecule has 1 fully saturated rings. The third-order valence-electron chi connectivity index (χ3n) is 4.13. The summed E-state index contributed by atoms with van der Waals surface area (Å²) in [5.41, 5.74) is 0. The van der Waals surface area contributed by atoms with Gasteiger partial charge in [0.1, 0.15) is 5.75 Å². The van der Waals surface area contributed by atoms with Crippen LogP contribution in [0.3, 0.4) is 0 Å². The average Bonchev–Trinajstić information content (AvgIpc) is 2.53. The summed E-state index contributed by atoms with van der Waals surface area (Å²) in [6.07, 6.45) is 3.39. The molecular formula is C17H28N2O3S. The van der Waals surface area contributed by atoms with Crippen molar-refractivity contribution in [1.29, 1.82) is 0 Å². The molecule has 1 N–H and O–H groups in total. The maximum atomic E-state index is 12.2. The number of hydrogen-bond acceptors (Lipinski definition) is 4. The van der Waals surface area contributed by atoms with E-state index in [2.05, 4.69) is 16.5 Å². The zero-order valence-corrected chi connectivity index (χ0v) is 14.9. The largest absolute Gasteiger partial charge is 0.494 e. The lowest BCUT2D eigenvalue weighted by Gasteiger charge is -2.30. The fourth-order valence-corrected chi connectivity index (χ4v) is 4.04. The first kappa shape index (κ1) is 18.2. The summed E-state index contributed by atoms with van der Waals surface area (Å²) in [5.74, 6) is 1.44. The summed E-state index contributed by atoms with van der Waals surface area (Å²) in [5, 5.41) is 0. The van der Waals surface area contributed by atoms with E-state index in [1.807, 2.05) is 6.92 Å². The smallest absolute Gasteiger partial charge is 0.240 e. The van der Waals surface area contributed by atoms with Gasteiger partial charge >= 0.3 is 0 Å². The summed E-state index contributed by atoms with van der Waals surface area (Å²) in [7, 11) is -3.43. The first-order valence-corrected chi connectivity index (χ1v) is 9.94. The summed E-state index contributed by atoms with van der Waals surface area (Å²) in [6, 6.07) is 6.54. The van der Waals surface area contributed by atoms with Crippen molar-refractivity contribution in [3.05, 3.63) is 24.3 Å².